The lowest BCUT2D eigenvalue weighted by Gasteiger charge is -2.35. The van der Waals surface area contributed by atoms with Crippen molar-refractivity contribution < 1.29 is 17.6 Å². The van der Waals surface area contributed by atoms with Crippen LogP contribution in [0, 0.1) is 11.7 Å². The molecule has 2 aliphatic rings. The second kappa shape index (κ2) is 9.33. The number of carbonyl (C=O) groups excluding carboxylic acids is 1. The highest BCUT2D eigenvalue weighted by atomic mass is 32.2. The highest BCUT2D eigenvalue weighted by molar-refractivity contribution is 7.89. The molecule has 0 bridgehead atoms. The van der Waals surface area contributed by atoms with Crippen molar-refractivity contribution in [3.63, 3.8) is 0 Å². The highest BCUT2D eigenvalue weighted by Crippen LogP contribution is 2.24. The molecule has 0 aliphatic carbocycles. The van der Waals surface area contributed by atoms with Gasteiger partial charge in [-0.05, 0) is 62.9 Å². The molecule has 2 fully saturated rings. The summed E-state index contributed by atoms with van der Waals surface area (Å²) >= 11 is 0. The average molecular weight is 412 g/mol. The van der Waals surface area contributed by atoms with E-state index in [1.54, 1.807) is 0 Å². The van der Waals surface area contributed by atoms with Gasteiger partial charge in [0, 0.05) is 32.2 Å². The van der Waals surface area contributed by atoms with Crippen LogP contribution in [0.15, 0.2) is 29.2 Å². The molecule has 0 radical (unpaired) electrons. The second-order valence-electron chi connectivity index (χ2n) is 7.78. The summed E-state index contributed by atoms with van der Waals surface area (Å²) < 4.78 is 40.1. The molecule has 0 unspecified atom stereocenters. The summed E-state index contributed by atoms with van der Waals surface area (Å²) in [5.74, 6) is -0.856. The van der Waals surface area contributed by atoms with Crippen molar-refractivity contribution in [1.82, 2.24) is 14.5 Å². The van der Waals surface area contributed by atoms with E-state index in [0.717, 1.165) is 51.0 Å². The number of benzene rings is 1. The monoisotopic (exact) mass is 411 g/mol. The molecular weight excluding hydrogens is 381 g/mol. The lowest BCUT2D eigenvalue weighted by molar-refractivity contribution is -0.127. The van der Waals surface area contributed by atoms with Crippen LogP contribution in [0.1, 0.15) is 39.0 Å². The number of carbonyl (C=O) groups is 1. The van der Waals surface area contributed by atoms with Gasteiger partial charge in [-0.15, -0.1) is 0 Å². The van der Waals surface area contributed by atoms with Gasteiger partial charge in [-0.2, -0.15) is 4.31 Å². The van der Waals surface area contributed by atoms with Gasteiger partial charge in [0.1, 0.15) is 5.82 Å². The highest BCUT2D eigenvalue weighted by Gasteiger charge is 2.34. The van der Waals surface area contributed by atoms with E-state index in [0.29, 0.717) is 19.4 Å². The Bertz CT molecular complexity index is 761. The predicted octanol–water partition coefficient (Wildman–Crippen LogP) is 2.22. The Morgan fingerprint density at radius 3 is 2.46 bits per heavy atom. The molecule has 6 nitrogen and oxygen atoms in total. The van der Waals surface area contributed by atoms with Crippen LogP contribution in [0.3, 0.4) is 0 Å². The molecule has 1 amide bonds. The van der Waals surface area contributed by atoms with Gasteiger partial charge in [-0.1, -0.05) is 6.92 Å². The van der Waals surface area contributed by atoms with Gasteiger partial charge in [-0.3, -0.25) is 4.79 Å². The maximum absolute atomic E-state index is 13.1. The van der Waals surface area contributed by atoms with Crippen molar-refractivity contribution in [2.45, 2.75) is 50.0 Å². The molecular formula is C20H30FN3O3S. The summed E-state index contributed by atoms with van der Waals surface area (Å²) in [5.41, 5.74) is 0. The van der Waals surface area contributed by atoms with E-state index in [1.807, 2.05) is 0 Å². The van der Waals surface area contributed by atoms with Gasteiger partial charge in [0.2, 0.25) is 15.9 Å². The van der Waals surface area contributed by atoms with E-state index in [2.05, 4.69) is 17.1 Å². The van der Waals surface area contributed by atoms with Crippen molar-refractivity contribution in [2.75, 3.05) is 32.7 Å². The number of hydrogen-bond donors (Lipinski definition) is 1. The third-order valence-corrected chi connectivity index (χ3v) is 7.56. The average Bonchev–Trinajstić information content (AvgIpc) is 2.70. The van der Waals surface area contributed by atoms with Gasteiger partial charge >= 0.3 is 0 Å². The van der Waals surface area contributed by atoms with Crippen molar-refractivity contribution in [2.24, 2.45) is 5.92 Å². The minimum Gasteiger partial charge on any atom is -0.353 e. The fraction of sp³-hybridized carbons (Fsp3) is 0.650. The second-order valence-corrected chi connectivity index (χ2v) is 9.72. The molecule has 3 rings (SSSR count). The van der Waals surface area contributed by atoms with Crippen LogP contribution < -0.4 is 5.32 Å². The number of likely N-dealkylation sites (tertiary alicyclic amines) is 1. The maximum atomic E-state index is 13.1. The van der Waals surface area contributed by atoms with E-state index >= 15 is 0 Å². The number of nitrogens with zero attached hydrogens (tertiary/aromatic N) is 2. The minimum atomic E-state index is -3.71. The fourth-order valence-corrected chi connectivity index (χ4v) is 5.59. The molecule has 2 saturated heterocycles. The molecule has 2 heterocycles. The first kappa shape index (κ1) is 21.2. The third-order valence-electron chi connectivity index (χ3n) is 5.68. The van der Waals surface area contributed by atoms with Crippen molar-refractivity contribution in [3.8, 4) is 0 Å². The lowest BCUT2D eigenvalue weighted by atomic mass is 9.97. The van der Waals surface area contributed by atoms with Crippen LogP contribution in [-0.4, -0.2) is 62.3 Å². The number of halogens is 1. The summed E-state index contributed by atoms with van der Waals surface area (Å²) in [6, 6.07) is 5.01. The smallest absolute Gasteiger partial charge is 0.243 e. The normalized spacial score (nSPS) is 22.9. The molecule has 8 heteroatoms. The zero-order chi connectivity index (χ0) is 20.1. The molecule has 2 aliphatic heterocycles. The number of piperidine rings is 2. The van der Waals surface area contributed by atoms with E-state index < -0.39 is 15.8 Å². The van der Waals surface area contributed by atoms with Crippen LogP contribution in [0.5, 0.6) is 0 Å². The zero-order valence-corrected chi connectivity index (χ0v) is 17.3. The summed E-state index contributed by atoms with van der Waals surface area (Å²) in [6.07, 6.45) is 4.35. The first-order valence-electron chi connectivity index (χ1n) is 10.2. The molecule has 1 aromatic rings. The molecule has 1 atom stereocenters. The van der Waals surface area contributed by atoms with Crippen molar-refractivity contribution in [1.29, 1.82) is 0 Å². The largest absolute Gasteiger partial charge is 0.353 e. The molecule has 1 N–H and O–H groups in total. The number of nitrogens with one attached hydrogen (secondary N) is 1. The molecule has 28 heavy (non-hydrogen) atoms. The van der Waals surface area contributed by atoms with Gasteiger partial charge in [-0.25, -0.2) is 12.8 Å². The van der Waals surface area contributed by atoms with E-state index in [-0.39, 0.29) is 29.3 Å². The predicted molar refractivity (Wildman–Crippen MR) is 106 cm³/mol. The van der Waals surface area contributed by atoms with Crippen molar-refractivity contribution in [3.05, 3.63) is 30.1 Å². The van der Waals surface area contributed by atoms with Gasteiger partial charge in [0.15, 0.2) is 0 Å². The van der Waals surface area contributed by atoms with Crippen LogP contribution in [-0.2, 0) is 14.8 Å². The Hall–Kier alpha value is -1.51. The van der Waals surface area contributed by atoms with E-state index in [1.165, 1.54) is 16.4 Å². The van der Waals surface area contributed by atoms with Gasteiger partial charge in [0.25, 0.3) is 0 Å². The zero-order valence-electron chi connectivity index (χ0n) is 16.4. The minimum absolute atomic E-state index is 0.0482. The maximum Gasteiger partial charge on any atom is 0.243 e. The summed E-state index contributed by atoms with van der Waals surface area (Å²) in [5, 5.41) is 3.13. The Labute approximate surface area is 167 Å². The van der Waals surface area contributed by atoms with Gasteiger partial charge in [0.05, 0.1) is 10.8 Å². The molecule has 0 saturated carbocycles. The quantitative estimate of drug-likeness (QED) is 0.779. The molecule has 0 spiro atoms. The summed E-state index contributed by atoms with van der Waals surface area (Å²) in [4.78, 5) is 15.2. The standard InChI is InChI=1S/C20H30FN3O3S/c1-2-11-23-13-9-18(10-14-23)22-20(25)16-4-3-12-24(15-16)28(26,27)19-7-5-17(21)6-8-19/h5-8,16,18H,2-4,9-15H2,1H3,(H,22,25)/t16-/m0/s1. The van der Waals surface area contributed by atoms with Crippen molar-refractivity contribution >= 4 is 15.9 Å². The third kappa shape index (κ3) is 5.10. The Balaban J connectivity index is 1.57. The Morgan fingerprint density at radius 1 is 1.14 bits per heavy atom. The Kier molecular flexibility index (Phi) is 7.06. The van der Waals surface area contributed by atoms with Crippen LogP contribution in [0.4, 0.5) is 4.39 Å². The number of rotatable bonds is 6. The number of amides is 1. The topological polar surface area (TPSA) is 69.7 Å². The summed E-state index contributed by atoms with van der Waals surface area (Å²) in [6.45, 7) is 5.82. The van der Waals surface area contributed by atoms with E-state index in [4.69, 9.17) is 0 Å². The number of sulfonamides is 1. The van der Waals surface area contributed by atoms with Crippen LogP contribution >= 0.6 is 0 Å². The first-order valence-corrected chi connectivity index (χ1v) is 11.6. The Morgan fingerprint density at radius 2 is 1.82 bits per heavy atom. The van der Waals surface area contributed by atoms with Crippen LogP contribution in [0.2, 0.25) is 0 Å². The molecule has 1 aromatic carbocycles. The van der Waals surface area contributed by atoms with Crippen LogP contribution in [0.25, 0.3) is 0 Å². The molecule has 0 aromatic heterocycles. The fourth-order valence-electron chi connectivity index (χ4n) is 4.07. The first-order chi connectivity index (χ1) is 13.4. The SMILES string of the molecule is CCCN1CCC(NC(=O)[C@H]2CCCN(S(=O)(=O)c3ccc(F)cc3)C2)CC1. The lowest BCUT2D eigenvalue weighted by Crippen LogP contribution is -2.50. The molecule has 156 valence electrons. The number of hydrogen-bond acceptors (Lipinski definition) is 4. The summed E-state index contributed by atoms with van der Waals surface area (Å²) in [7, 11) is -3.71. The van der Waals surface area contributed by atoms with Gasteiger partial charge < -0.3 is 10.2 Å². The van der Waals surface area contributed by atoms with E-state index in [9.17, 15) is 17.6 Å².